The van der Waals surface area contributed by atoms with Crippen molar-refractivity contribution in [2.45, 2.75) is 52.6 Å². The van der Waals surface area contributed by atoms with E-state index in [-0.39, 0.29) is 24.6 Å². The largest absolute Gasteiger partial charge is 0.467 e. The number of nitrogens with one attached hydrogen (secondary N) is 1. The number of aromatic nitrogens is 4. The molecule has 1 amide bonds. The molecule has 8 heteroatoms. The summed E-state index contributed by atoms with van der Waals surface area (Å²) in [5.74, 6) is 0.770. The van der Waals surface area contributed by atoms with Crippen molar-refractivity contribution in [2.24, 2.45) is 0 Å². The Morgan fingerprint density at radius 2 is 2.11 bits per heavy atom. The van der Waals surface area contributed by atoms with Gasteiger partial charge < -0.3 is 9.73 Å². The van der Waals surface area contributed by atoms with E-state index < -0.39 is 0 Å². The molecular formula is C20H23N5O3. The molecule has 1 aliphatic rings. The molecule has 0 bridgehead atoms. The van der Waals surface area contributed by atoms with Gasteiger partial charge in [0.1, 0.15) is 12.3 Å². The summed E-state index contributed by atoms with van der Waals surface area (Å²) in [6, 6.07) is 5.47. The zero-order valence-corrected chi connectivity index (χ0v) is 16.1. The summed E-state index contributed by atoms with van der Waals surface area (Å²) >= 11 is 0. The fraction of sp³-hybridized carbons (Fsp3) is 0.400. The Morgan fingerprint density at radius 1 is 1.29 bits per heavy atom. The quantitative estimate of drug-likeness (QED) is 0.728. The highest BCUT2D eigenvalue weighted by Crippen LogP contribution is 2.19. The van der Waals surface area contributed by atoms with Crippen LogP contribution in [-0.2, 0) is 30.7 Å². The molecule has 0 radical (unpaired) electrons. The van der Waals surface area contributed by atoms with Crippen molar-refractivity contribution >= 4 is 5.91 Å². The van der Waals surface area contributed by atoms with Crippen LogP contribution < -0.4 is 10.9 Å². The Hall–Kier alpha value is -3.16. The second kappa shape index (κ2) is 7.46. The smallest absolute Gasteiger partial charge is 0.258 e. The summed E-state index contributed by atoms with van der Waals surface area (Å²) in [4.78, 5) is 30.5. The first-order valence-electron chi connectivity index (χ1n) is 9.48. The topological polar surface area (TPSA) is 95.0 Å². The first-order valence-corrected chi connectivity index (χ1v) is 9.48. The molecule has 0 unspecified atom stereocenters. The van der Waals surface area contributed by atoms with Gasteiger partial charge in [-0.3, -0.25) is 14.2 Å². The van der Waals surface area contributed by atoms with Crippen LogP contribution in [0.5, 0.6) is 0 Å². The van der Waals surface area contributed by atoms with Crippen LogP contribution in [0.1, 0.15) is 41.2 Å². The van der Waals surface area contributed by atoms with Gasteiger partial charge in [0.15, 0.2) is 0 Å². The van der Waals surface area contributed by atoms with Crippen LogP contribution in [0.3, 0.4) is 0 Å². The fourth-order valence-corrected chi connectivity index (χ4v) is 3.61. The maximum atomic E-state index is 13.2. The van der Waals surface area contributed by atoms with Gasteiger partial charge in [-0.25, -0.2) is 9.67 Å². The molecule has 3 aromatic heterocycles. The van der Waals surface area contributed by atoms with E-state index in [0.717, 1.165) is 41.9 Å². The Morgan fingerprint density at radius 3 is 2.82 bits per heavy atom. The van der Waals surface area contributed by atoms with Crippen molar-refractivity contribution in [3.05, 3.63) is 63.2 Å². The van der Waals surface area contributed by atoms with E-state index in [2.05, 4.69) is 10.4 Å². The van der Waals surface area contributed by atoms with E-state index in [4.69, 9.17) is 9.40 Å². The van der Waals surface area contributed by atoms with Crippen molar-refractivity contribution in [1.82, 2.24) is 24.6 Å². The molecule has 1 N–H and O–H groups in total. The minimum atomic E-state index is -0.279. The van der Waals surface area contributed by atoms with Crippen molar-refractivity contribution in [1.29, 1.82) is 0 Å². The highest BCUT2D eigenvalue weighted by atomic mass is 16.3. The van der Waals surface area contributed by atoms with Gasteiger partial charge in [-0.15, -0.1) is 0 Å². The second-order valence-electron chi connectivity index (χ2n) is 7.13. The Bertz CT molecular complexity index is 1060. The van der Waals surface area contributed by atoms with Crippen LogP contribution in [0, 0.1) is 13.8 Å². The standard InChI is InChI=1S/C20H23N5O3/c1-13-10-14(2)25(23-13)20-22-17-8-4-3-7-16(17)19(27)24(20)12-18(26)21-11-15-6-5-9-28-15/h5-6,9-10H,3-4,7-8,11-12H2,1-2H3,(H,21,26). The van der Waals surface area contributed by atoms with E-state index in [9.17, 15) is 9.59 Å². The molecule has 0 spiro atoms. The van der Waals surface area contributed by atoms with Gasteiger partial charge in [0.05, 0.1) is 24.2 Å². The third kappa shape index (κ3) is 3.49. The maximum Gasteiger partial charge on any atom is 0.258 e. The van der Waals surface area contributed by atoms with E-state index in [0.29, 0.717) is 18.1 Å². The Labute approximate surface area is 162 Å². The predicted molar refractivity (Wildman–Crippen MR) is 102 cm³/mol. The number of furan rings is 1. The number of hydrogen-bond acceptors (Lipinski definition) is 5. The molecule has 1 aliphatic carbocycles. The lowest BCUT2D eigenvalue weighted by Crippen LogP contribution is -2.37. The number of rotatable bonds is 5. The van der Waals surface area contributed by atoms with Crippen molar-refractivity contribution in [2.75, 3.05) is 0 Å². The minimum absolute atomic E-state index is 0.118. The molecule has 4 rings (SSSR count). The SMILES string of the molecule is Cc1cc(C)n(-c2nc3c(c(=O)n2CC(=O)NCc2ccco2)CCCC3)n1. The number of fused-ring (bicyclic) bond motifs is 1. The number of aryl methyl sites for hydroxylation is 3. The highest BCUT2D eigenvalue weighted by molar-refractivity contribution is 5.75. The van der Waals surface area contributed by atoms with Crippen LogP contribution in [-0.4, -0.2) is 25.2 Å². The van der Waals surface area contributed by atoms with E-state index in [1.54, 1.807) is 23.1 Å². The number of nitrogens with zero attached hydrogens (tertiary/aromatic N) is 4. The van der Waals surface area contributed by atoms with Gasteiger partial charge in [0.25, 0.3) is 5.56 Å². The second-order valence-corrected chi connectivity index (χ2v) is 7.13. The summed E-state index contributed by atoms with van der Waals surface area (Å²) in [5, 5.41) is 7.26. The zero-order valence-electron chi connectivity index (χ0n) is 16.1. The molecule has 28 heavy (non-hydrogen) atoms. The summed E-state index contributed by atoms with van der Waals surface area (Å²) < 4.78 is 8.31. The van der Waals surface area contributed by atoms with Gasteiger partial charge in [-0.05, 0) is 57.7 Å². The molecule has 0 atom stereocenters. The monoisotopic (exact) mass is 381 g/mol. The lowest BCUT2D eigenvalue weighted by molar-refractivity contribution is -0.122. The predicted octanol–water partition coefficient (Wildman–Crippen LogP) is 1.83. The summed E-state index contributed by atoms with van der Waals surface area (Å²) in [6.07, 6.45) is 5.02. The van der Waals surface area contributed by atoms with Crippen molar-refractivity contribution in [3.8, 4) is 5.95 Å². The summed E-state index contributed by atoms with van der Waals surface area (Å²) in [6.45, 7) is 3.95. The Kier molecular flexibility index (Phi) is 4.85. The van der Waals surface area contributed by atoms with E-state index in [1.807, 2.05) is 19.9 Å². The molecule has 0 fully saturated rings. The lowest BCUT2D eigenvalue weighted by atomic mass is 9.97. The summed E-state index contributed by atoms with van der Waals surface area (Å²) in [5.41, 5.74) is 3.09. The van der Waals surface area contributed by atoms with Crippen LogP contribution in [0.25, 0.3) is 5.95 Å². The lowest BCUT2D eigenvalue weighted by Gasteiger charge is -2.20. The molecule has 0 saturated heterocycles. The van der Waals surface area contributed by atoms with Crippen LogP contribution in [0.4, 0.5) is 0 Å². The first-order chi connectivity index (χ1) is 13.5. The highest BCUT2D eigenvalue weighted by Gasteiger charge is 2.22. The fourth-order valence-electron chi connectivity index (χ4n) is 3.61. The molecule has 146 valence electrons. The van der Waals surface area contributed by atoms with E-state index >= 15 is 0 Å². The summed E-state index contributed by atoms with van der Waals surface area (Å²) in [7, 11) is 0. The molecule has 8 nitrogen and oxygen atoms in total. The maximum absolute atomic E-state index is 13.2. The molecule has 0 aliphatic heterocycles. The molecule has 0 saturated carbocycles. The zero-order chi connectivity index (χ0) is 19.7. The van der Waals surface area contributed by atoms with Gasteiger partial charge in [-0.1, -0.05) is 0 Å². The third-order valence-corrected chi connectivity index (χ3v) is 4.96. The molecule has 3 heterocycles. The van der Waals surface area contributed by atoms with Gasteiger partial charge >= 0.3 is 0 Å². The number of carbonyl (C=O) groups is 1. The first kappa shape index (κ1) is 18.2. The molecule has 0 aromatic carbocycles. The van der Waals surface area contributed by atoms with Gasteiger partial charge in [0.2, 0.25) is 11.9 Å². The normalized spacial score (nSPS) is 13.4. The van der Waals surface area contributed by atoms with Gasteiger partial charge in [-0.2, -0.15) is 5.10 Å². The number of hydrogen-bond donors (Lipinski definition) is 1. The van der Waals surface area contributed by atoms with Crippen LogP contribution >= 0.6 is 0 Å². The van der Waals surface area contributed by atoms with Crippen molar-refractivity contribution in [3.63, 3.8) is 0 Å². The van der Waals surface area contributed by atoms with Crippen molar-refractivity contribution < 1.29 is 9.21 Å². The average molecular weight is 381 g/mol. The Balaban J connectivity index is 1.70. The van der Waals surface area contributed by atoms with Gasteiger partial charge in [0, 0.05) is 11.3 Å². The average Bonchev–Trinajstić information content (AvgIpc) is 3.31. The molecule has 3 aromatic rings. The number of carbonyl (C=O) groups excluding carboxylic acids is 1. The van der Waals surface area contributed by atoms with Crippen LogP contribution in [0.15, 0.2) is 33.7 Å². The number of amides is 1. The molecular weight excluding hydrogens is 358 g/mol. The third-order valence-electron chi connectivity index (χ3n) is 4.96. The minimum Gasteiger partial charge on any atom is -0.467 e. The van der Waals surface area contributed by atoms with E-state index in [1.165, 1.54) is 4.57 Å². The van der Waals surface area contributed by atoms with Crippen LogP contribution in [0.2, 0.25) is 0 Å².